The predicted octanol–water partition coefficient (Wildman–Crippen LogP) is 1.71. The number of primary amides is 1. The molecule has 2 atom stereocenters. The first-order valence-electron chi connectivity index (χ1n) is 9.36. The van der Waals surface area contributed by atoms with Crippen molar-refractivity contribution in [3.8, 4) is 0 Å². The molecule has 3 heterocycles. The summed E-state index contributed by atoms with van der Waals surface area (Å²) in [5.41, 5.74) is 6.41. The number of piperidine rings is 1. The van der Waals surface area contributed by atoms with Gasteiger partial charge in [0.2, 0.25) is 0 Å². The standard InChI is InChI=1S/C18H26N8O2S/c1-10-7-14(29-24-10)23-17-15(16(19)27)20-8-13(22-17)26-9-12(6-5-11(26)2)21-18(28)25(3)4/h7-8,11-12H,5-6,9H2,1-4H3,(H2,19,27)(H,21,28)(H,22,23)/t11-,12+/m0/s1. The molecule has 10 nitrogen and oxygen atoms in total. The van der Waals surface area contributed by atoms with E-state index in [0.29, 0.717) is 18.2 Å². The molecule has 2 aromatic rings. The molecule has 1 aliphatic rings. The van der Waals surface area contributed by atoms with Crippen molar-refractivity contribution in [1.82, 2.24) is 24.6 Å². The Morgan fingerprint density at radius 1 is 1.34 bits per heavy atom. The van der Waals surface area contributed by atoms with E-state index in [4.69, 9.17) is 5.73 Å². The minimum absolute atomic E-state index is 0.000674. The summed E-state index contributed by atoms with van der Waals surface area (Å²) in [6, 6.07) is 1.96. The Labute approximate surface area is 173 Å². The van der Waals surface area contributed by atoms with Crippen molar-refractivity contribution in [2.24, 2.45) is 5.73 Å². The number of carbonyl (C=O) groups excluding carboxylic acids is 2. The van der Waals surface area contributed by atoms with Gasteiger partial charge in [-0.05, 0) is 44.3 Å². The van der Waals surface area contributed by atoms with Gasteiger partial charge in [0, 0.05) is 32.7 Å². The van der Waals surface area contributed by atoms with Gasteiger partial charge in [0.05, 0.1) is 11.9 Å². The fourth-order valence-corrected chi connectivity index (χ4v) is 3.83. The zero-order valence-corrected chi connectivity index (χ0v) is 17.8. The Bertz CT molecular complexity index is 900. The Balaban J connectivity index is 1.85. The Morgan fingerprint density at radius 3 is 2.72 bits per heavy atom. The lowest BCUT2D eigenvalue weighted by atomic mass is 9.99. The van der Waals surface area contributed by atoms with E-state index in [1.165, 1.54) is 16.4 Å². The number of rotatable bonds is 5. The summed E-state index contributed by atoms with van der Waals surface area (Å²) in [5.74, 6) is 0.260. The van der Waals surface area contributed by atoms with Crippen molar-refractivity contribution in [2.75, 3.05) is 30.9 Å². The average molecular weight is 419 g/mol. The van der Waals surface area contributed by atoms with Crippen LogP contribution in [0.2, 0.25) is 0 Å². The summed E-state index contributed by atoms with van der Waals surface area (Å²) in [6.45, 7) is 4.59. The van der Waals surface area contributed by atoms with Crippen LogP contribution in [-0.4, -0.2) is 63.9 Å². The van der Waals surface area contributed by atoms with Crippen molar-refractivity contribution in [3.63, 3.8) is 0 Å². The minimum atomic E-state index is -0.657. The highest BCUT2D eigenvalue weighted by Crippen LogP contribution is 2.27. The number of hydrogen-bond acceptors (Lipinski definition) is 8. The molecule has 29 heavy (non-hydrogen) atoms. The van der Waals surface area contributed by atoms with Crippen LogP contribution in [0.1, 0.15) is 35.9 Å². The van der Waals surface area contributed by atoms with Crippen LogP contribution >= 0.6 is 11.5 Å². The number of aromatic nitrogens is 3. The van der Waals surface area contributed by atoms with Crippen molar-refractivity contribution in [2.45, 2.75) is 38.8 Å². The number of anilines is 3. The number of nitrogens with two attached hydrogens (primary N) is 1. The molecule has 0 spiro atoms. The fraction of sp³-hybridized carbons (Fsp3) is 0.500. The summed E-state index contributed by atoms with van der Waals surface area (Å²) in [6.07, 6.45) is 3.33. The molecular weight excluding hydrogens is 392 g/mol. The van der Waals surface area contributed by atoms with Crippen LogP contribution < -0.4 is 21.3 Å². The number of amides is 3. The summed E-state index contributed by atoms with van der Waals surface area (Å²) in [5, 5.41) is 6.88. The maximum absolute atomic E-state index is 12.0. The van der Waals surface area contributed by atoms with Gasteiger partial charge in [0.25, 0.3) is 5.91 Å². The molecule has 156 valence electrons. The number of nitrogens with one attached hydrogen (secondary N) is 2. The Morgan fingerprint density at radius 2 is 2.10 bits per heavy atom. The van der Waals surface area contributed by atoms with E-state index in [1.54, 1.807) is 20.3 Å². The number of carbonyl (C=O) groups is 2. The van der Waals surface area contributed by atoms with Crippen LogP contribution in [0.25, 0.3) is 0 Å². The maximum Gasteiger partial charge on any atom is 0.317 e. The Hall–Kier alpha value is -2.95. The second-order valence-electron chi connectivity index (χ2n) is 7.37. The summed E-state index contributed by atoms with van der Waals surface area (Å²) in [7, 11) is 3.43. The smallest absolute Gasteiger partial charge is 0.317 e. The third kappa shape index (κ3) is 4.91. The zero-order valence-electron chi connectivity index (χ0n) is 17.0. The molecule has 0 aromatic carbocycles. The molecule has 4 N–H and O–H groups in total. The van der Waals surface area contributed by atoms with Crippen LogP contribution in [-0.2, 0) is 0 Å². The highest BCUT2D eigenvalue weighted by Gasteiger charge is 2.29. The van der Waals surface area contributed by atoms with E-state index in [-0.39, 0.29) is 23.8 Å². The molecule has 2 aromatic heterocycles. The number of hydrogen-bond donors (Lipinski definition) is 3. The Kier molecular flexibility index (Phi) is 6.16. The van der Waals surface area contributed by atoms with Gasteiger partial charge in [-0.2, -0.15) is 4.37 Å². The second-order valence-corrected chi connectivity index (χ2v) is 8.17. The van der Waals surface area contributed by atoms with Crippen molar-refractivity contribution in [1.29, 1.82) is 0 Å². The summed E-state index contributed by atoms with van der Waals surface area (Å²) >= 11 is 1.27. The van der Waals surface area contributed by atoms with Crippen molar-refractivity contribution >= 4 is 40.1 Å². The number of urea groups is 1. The normalized spacial score (nSPS) is 19.0. The van der Waals surface area contributed by atoms with Gasteiger partial charge in [-0.15, -0.1) is 0 Å². The SMILES string of the molecule is Cc1cc(Nc2nc(N3C[C@H](NC(=O)N(C)C)CC[C@@H]3C)cnc2C(N)=O)sn1. The maximum atomic E-state index is 12.0. The van der Waals surface area contributed by atoms with Crippen LogP contribution in [0.15, 0.2) is 12.3 Å². The molecule has 3 rings (SSSR count). The third-order valence-electron chi connectivity index (χ3n) is 4.77. The van der Waals surface area contributed by atoms with Gasteiger partial charge >= 0.3 is 6.03 Å². The second kappa shape index (κ2) is 8.60. The van der Waals surface area contributed by atoms with E-state index in [9.17, 15) is 9.59 Å². The topological polar surface area (TPSA) is 129 Å². The molecule has 0 saturated carbocycles. The first-order valence-corrected chi connectivity index (χ1v) is 10.1. The molecular formula is C18H26N8O2S. The predicted molar refractivity (Wildman–Crippen MR) is 113 cm³/mol. The third-order valence-corrected chi connectivity index (χ3v) is 5.57. The molecule has 0 aliphatic carbocycles. The van der Waals surface area contributed by atoms with Gasteiger partial charge < -0.3 is 26.2 Å². The lowest BCUT2D eigenvalue weighted by Gasteiger charge is -2.39. The van der Waals surface area contributed by atoms with Crippen LogP contribution in [0.5, 0.6) is 0 Å². The van der Waals surface area contributed by atoms with Gasteiger partial charge in [-0.3, -0.25) is 4.79 Å². The van der Waals surface area contributed by atoms with Gasteiger partial charge in [0.15, 0.2) is 11.5 Å². The number of nitrogens with zero attached hydrogens (tertiary/aromatic N) is 5. The molecule has 0 radical (unpaired) electrons. The number of aryl methyl sites for hydroxylation is 1. The van der Waals surface area contributed by atoms with Gasteiger partial charge in [0.1, 0.15) is 10.8 Å². The van der Waals surface area contributed by atoms with Crippen LogP contribution in [0.4, 0.5) is 21.4 Å². The van der Waals surface area contributed by atoms with E-state index in [2.05, 4.69) is 36.8 Å². The molecule has 1 fully saturated rings. The monoisotopic (exact) mass is 418 g/mol. The quantitative estimate of drug-likeness (QED) is 0.674. The molecule has 1 aliphatic heterocycles. The van der Waals surface area contributed by atoms with Crippen molar-refractivity contribution in [3.05, 3.63) is 23.7 Å². The molecule has 3 amide bonds. The van der Waals surface area contributed by atoms with Crippen LogP contribution in [0, 0.1) is 6.92 Å². The zero-order chi connectivity index (χ0) is 21.1. The first-order chi connectivity index (χ1) is 13.7. The summed E-state index contributed by atoms with van der Waals surface area (Å²) in [4.78, 5) is 36.3. The van der Waals surface area contributed by atoms with Gasteiger partial charge in [-0.1, -0.05) is 0 Å². The molecule has 0 unspecified atom stereocenters. The van der Waals surface area contributed by atoms with E-state index < -0.39 is 5.91 Å². The lowest BCUT2D eigenvalue weighted by Crippen LogP contribution is -2.53. The minimum Gasteiger partial charge on any atom is -0.364 e. The van der Waals surface area contributed by atoms with Crippen LogP contribution in [0.3, 0.4) is 0 Å². The average Bonchev–Trinajstić information content (AvgIpc) is 3.07. The van der Waals surface area contributed by atoms with Gasteiger partial charge in [-0.25, -0.2) is 14.8 Å². The fourth-order valence-electron chi connectivity index (χ4n) is 3.17. The largest absolute Gasteiger partial charge is 0.364 e. The first kappa shape index (κ1) is 20.8. The highest BCUT2D eigenvalue weighted by molar-refractivity contribution is 7.10. The highest BCUT2D eigenvalue weighted by atomic mass is 32.1. The molecule has 1 saturated heterocycles. The summed E-state index contributed by atoms with van der Waals surface area (Å²) < 4.78 is 4.22. The van der Waals surface area contributed by atoms with E-state index >= 15 is 0 Å². The lowest BCUT2D eigenvalue weighted by molar-refractivity contribution is 0.0996. The van der Waals surface area contributed by atoms with E-state index in [0.717, 1.165) is 23.5 Å². The van der Waals surface area contributed by atoms with E-state index in [1.807, 2.05) is 13.0 Å². The molecule has 11 heteroatoms. The van der Waals surface area contributed by atoms with Crippen molar-refractivity contribution < 1.29 is 9.59 Å². The molecule has 0 bridgehead atoms.